The Morgan fingerprint density at radius 3 is 2.79 bits per heavy atom. The van der Waals surface area contributed by atoms with Gasteiger partial charge in [0.05, 0.1) is 12.8 Å². The average Bonchev–Trinajstić information content (AvgIpc) is 2.90. The van der Waals surface area contributed by atoms with Crippen LogP contribution in [0.5, 0.6) is 5.75 Å². The van der Waals surface area contributed by atoms with Gasteiger partial charge in [-0.3, -0.25) is 4.79 Å². The molecular weight excluding hydrogens is 310 g/mol. The number of benzene rings is 1. The fraction of sp³-hybridized carbons (Fsp3) is 0.214. The van der Waals surface area contributed by atoms with Crippen LogP contribution in [0.25, 0.3) is 0 Å². The van der Waals surface area contributed by atoms with E-state index in [2.05, 4.69) is 21.2 Å². The standard InChI is InChI=1S/C14H14BrNO3/c1-3-9-5-7-13(19-9)14(17)16-12-8-10(18-2)4-6-11(12)15/h4-8H,3H2,1-2H3,(H,16,17). The van der Waals surface area contributed by atoms with Crippen LogP contribution >= 0.6 is 15.9 Å². The van der Waals surface area contributed by atoms with E-state index < -0.39 is 0 Å². The van der Waals surface area contributed by atoms with E-state index in [1.165, 1.54) is 0 Å². The number of amides is 1. The minimum Gasteiger partial charge on any atom is -0.497 e. The summed E-state index contributed by atoms with van der Waals surface area (Å²) in [6.07, 6.45) is 0.760. The average molecular weight is 324 g/mol. The molecule has 1 N–H and O–H groups in total. The quantitative estimate of drug-likeness (QED) is 0.929. The predicted octanol–water partition coefficient (Wildman–Crippen LogP) is 3.87. The Morgan fingerprint density at radius 1 is 1.37 bits per heavy atom. The molecule has 0 aliphatic carbocycles. The second-order valence-electron chi connectivity index (χ2n) is 3.92. The van der Waals surface area contributed by atoms with E-state index in [-0.39, 0.29) is 5.91 Å². The Labute approximate surface area is 119 Å². The Balaban J connectivity index is 2.18. The summed E-state index contributed by atoms with van der Waals surface area (Å²) in [5.74, 6) is 1.47. The maximum Gasteiger partial charge on any atom is 0.291 e. The van der Waals surface area contributed by atoms with E-state index >= 15 is 0 Å². The number of nitrogens with one attached hydrogen (secondary N) is 1. The van der Waals surface area contributed by atoms with Gasteiger partial charge in [-0.25, -0.2) is 0 Å². The van der Waals surface area contributed by atoms with Crippen LogP contribution in [-0.4, -0.2) is 13.0 Å². The predicted molar refractivity (Wildman–Crippen MR) is 76.7 cm³/mol. The fourth-order valence-corrected chi connectivity index (χ4v) is 1.95. The molecule has 1 heterocycles. The van der Waals surface area contributed by atoms with Crippen LogP contribution in [-0.2, 0) is 6.42 Å². The summed E-state index contributed by atoms with van der Waals surface area (Å²) in [6, 6.07) is 8.83. The zero-order valence-electron chi connectivity index (χ0n) is 10.7. The molecule has 0 unspecified atom stereocenters. The molecule has 0 bridgehead atoms. The van der Waals surface area contributed by atoms with Crippen LogP contribution < -0.4 is 10.1 Å². The van der Waals surface area contributed by atoms with Crippen LogP contribution in [0.2, 0.25) is 0 Å². The largest absolute Gasteiger partial charge is 0.497 e. The van der Waals surface area contributed by atoms with Gasteiger partial charge in [-0.05, 0) is 40.2 Å². The Bertz CT molecular complexity index is 592. The highest BCUT2D eigenvalue weighted by molar-refractivity contribution is 9.10. The summed E-state index contributed by atoms with van der Waals surface area (Å²) in [5, 5.41) is 2.78. The zero-order valence-corrected chi connectivity index (χ0v) is 12.3. The molecule has 1 amide bonds. The lowest BCUT2D eigenvalue weighted by atomic mass is 10.3. The molecule has 4 nitrogen and oxygen atoms in total. The van der Waals surface area contributed by atoms with E-state index in [9.17, 15) is 4.79 Å². The van der Waals surface area contributed by atoms with E-state index in [1.807, 2.05) is 19.1 Å². The Kier molecular flexibility index (Phi) is 4.27. The molecule has 1 aromatic heterocycles. The van der Waals surface area contributed by atoms with Crippen molar-refractivity contribution in [3.63, 3.8) is 0 Å². The molecule has 0 fully saturated rings. The van der Waals surface area contributed by atoms with Crippen molar-refractivity contribution in [2.45, 2.75) is 13.3 Å². The van der Waals surface area contributed by atoms with Crippen molar-refractivity contribution in [2.75, 3.05) is 12.4 Å². The number of methoxy groups -OCH3 is 1. The van der Waals surface area contributed by atoms with E-state index in [4.69, 9.17) is 9.15 Å². The van der Waals surface area contributed by atoms with Crippen molar-refractivity contribution in [1.29, 1.82) is 0 Å². The number of ether oxygens (including phenoxy) is 1. The molecule has 2 aromatic rings. The van der Waals surface area contributed by atoms with Gasteiger partial charge in [0.2, 0.25) is 0 Å². The van der Waals surface area contributed by atoms with Gasteiger partial charge in [0, 0.05) is 17.0 Å². The van der Waals surface area contributed by atoms with Crippen molar-refractivity contribution >= 4 is 27.5 Å². The number of anilines is 1. The number of aryl methyl sites for hydroxylation is 1. The van der Waals surface area contributed by atoms with Crippen LogP contribution in [0.4, 0.5) is 5.69 Å². The van der Waals surface area contributed by atoms with Crippen molar-refractivity contribution in [3.8, 4) is 5.75 Å². The van der Waals surface area contributed by atoms with Gasteiger partial charge >= 0.3 is 0 Å². The maximum absolute atomic E-state index is 12.0. The minimum absolute atomic E-state index is 0.284. The highest BCUT2D eigenvalue weighted by atomic mass is 79.9. The topological polar surface area (TPSA) is 51.5 Å². The summed E-state index contributed by atoms with van der Waals surface area (Å²) in [4.78, 5) is 12.0. The van der Waals surface area contributed by atoms with E-state index in [0.29, 0.717) is 17.2 Å². The molecule has 0 aliphatic heterocycles. The summed E-state index contributed by atoms with van der Waals surface area (Å²) >= 11 is 3.38. The van der Waals surface area contributed by atoms with Crippen molar-refractivity contribution in [1.82, 2.24) is 0 Å². The second-order valence-corrected chi connectivity index (χ2v) is 4.77. The van der Waals surface area contributed by atoms with Gasteiger partial charge in [-0.2, -0.15) is 0 Å². The molecule has 0 radical (unpaired) electrons. The van der Waals surface area contributed by atoms with E-state index in [1.54, 1.807) is 25.3 Å². The second kappa shape index (κ2) is 5.93. The first-order valence-corrected chi connectivity index (χ1v) is 6.67. The molecule has 2 rings (SSSR count). The van der Waals surface area contributed by atoms with Crippen molar-refractivity contribution in [2.24, 2.45) is 0 Å². The van der Waals surface area contributed by atoms with E-state index in [0.717, 1.165) is 16.7 Å². The van der Waals surface area contributed by atoms with Crippen LogP contribution in [0.1, 0.15) is 23.2 Å². The number of rotatable bonds is 4. The van der Waals surface area contributed by atoms with Crippen molar-refractivity contribution in [3.05, 3.63) is 46.3 Å². The minimum atomic E-state index is -0.284. The normalized spacial score (nSPS) is 10.3. The van der Waals surface area contributed by atoms with Crippen molar-refractivity contribution < 1.29 is 13.9 Å². The number of furan rings is 1. The van der Waals surface area contributed by atoms with Gasteiger partial charge in [-0.1, -0.05) is 6.92 Å². The molecular formula is C14H14BrNO3. The molecule has 1 aromatic carbocycles. The fourth-order valence-electron chi connectivity index (χ4n) is 1.60. The number of halogens is 1. The third kappa shape index (κ3) is 3.17. The monoisotopic (exact) mass is 323 g/mol. The number of carbonyl (C=O) groups excluding carboxylic acids is 1. The number of hydrogen-bond donors (Lipinski definition) is 1. The first-order valence-electron chi connectivity index (χ1n) is 5.87. The summed E-state index contributed by atoms with van der Waals surface area (Å²) in [6.45, 7) is 1.97. The van der Waals surface area contributed by atoms with Crippen LogP contribution in [0.15, 0.2) is 39.2 Å². The van der Waals surface area contributed by atoms with Gasteiger partial charge in [-0.15, -0.1) is 0 Å². The number of hydrogen-bond acceptors (Lipinski definition) is 3. The molecule has 19 heavy (non-hydrogen) atoms. The Morgan fingerprint density at radius 2 is 2.16 bits per heavy atom. The first-order chi connectivity index (χ1) is 9.13. The zero-order chi connectivity index (χ0) is 13.8. The molecule has 0 saturated heterocycles. The lowest BCUT2D eigenvalue weighted by Crippen LogP contribution is -2.11. The van der Waals surface area contributed by atoms with Gasteiger partial charge in [0.25, 0.3) is 5.91 Å². The lowest BCUT2D eigenvalue weighted by Gasteiger charge is -2.08. The third-order valence-electron chi connectivity index (χ3n) is 2.66. The molecule has 0 aliphatic rings. The number of carbonyl (C=O) groups is 1. The first kappa shape index (κ1) is 13.7. The molecule has 0 spiro atoms. The molecule has 0 saturated carbocycles. The van der Waals surface area contributed by atoms with Gasteiger partial charge in [0.1, 0.15) is 11.5 Å². The summed E-state index contributed by atoms with van der Waals surface area (Å²) in [5.41, 5.74) is 0.638. The maximum atomic E-state index is 12.0. The molecule has 5 heteroatoms. The highest BCUT2D eigenvalue weighted by Crippen LogP contribution is 2.27. The summed E-state index contributed by atoms with van der Waals surface area (Å²) < 4.78 is 11.3. The SMILES string of the molecule is CCc1ccc(C(=O)Nc2cc(OC)ccc2Br)o1. The van der Waals surface area contributed by atoms with Crippen LogP contribution in [0, 0.1) is 0 Å². The van der Waals surface area contributed by atoms with Gasteiger partial charge < -0.3 is 14.5 Å². The summed E-state index contributed by atoms with van der Waals surface area (Å²) in [7, 11) is 1.58. The lowest BCUT2D eigenvalue weighted by molar-refractivity contribution is 0.0995. The highest BCUT2D eigenvalue weighted by Gasteiger charge is 2.13. The molecule has 100 valence electrons. The Hall–Kier alpha value is -1.75. The smallest absolute Gasteiger partial charge is 0.291 e. The van der Waals surface area contributed by atoms with Crippen LogP contribution in [0.3, 0.4) is 0 Å². The molecule has 0 atom stereocenters. The third-order valence-corrected chi connectivity index (χ3v) is 3.35. The van der Waals surface area contributed by atoms with Gasteiger partial charge in [0.15, 0.2) is 5.76 Å².